The van der Waals surface area contributed by atoms with E-state index in [1.165, 1.54) is 24.3 Å². The van der Waals surface area contributed by atoms with E-state index in [0.717, 1.165) is 12.1 Å². The third-order valence-electron chi connectivity index (χ3n) is 1.92. The quantitative estimate of drug-likeness (QED) is 0.908. The lowest BCUT2D eigenvalue weighted by Gasteiger charge is -2.08. The van der Waals surface area contributed by atoms with E-state index in [2.05, 4.69) is 0 Å². The van der Waals surface area contributed by atoms with Gasteiger partial charge in [-0.15, -0.1) is 0 Å². The minimum atomic E-state index is -5.29. The standard InChI is InChI=1S/C10H10F3NO2S/c11-10(12,13)17(15,16)9-5-1-3-8(7-9)4-2-6-14/h1-5,7H,6,14H2/b4-2+. The van der Waals surface area contributed by atoms with Crippen molar-refractivity contribution < 1.29 is 21.6 Å². The topological polar surface area (TPSA) is 60.2 Å². The molecule has 1 rings (SSSR count). The zero-order chi connectivity index (χ0) is 13.1. The number of halogens is 3. The molecule has 3 nitrogen and oxygen atoms in total. The van der Waals surface area contributed by atoms with Crippen molar-refractivity contribution in [3.05, 3.63) is 35.9 Å². The summed E-state index contributed by atoms with van der Waals surface area (Å²) in [7, 11) is -5.29. The maximum Gasteiger partial charge on any atom is 0.501 e. The molecule has 1 aromatic carbocycles. The highest BCUT2D eigenvalue weighted by atomic mass is 32.2. The van der Waals surface area contributed by atoms with E-state index in [9.17, 15) is 21.6 Å². The average molecular weight is 265 g/mol. The Bertz CT molecular complexity index is 521. The third kappa shape index (κ3) is 3.07. The Labute approximate surface area is 96.7 Å². The lowest BCUT2D eigenvalue weighted by Crippen LogP contribution is -2.23. The number of nitrogens with two attached hydrogens (primary N) is 1. The Morgan fingerprint density at radius 1 is 1.29 bits per heavy atom. The maximum absolute atomic E-state index is 12.3. The summed E-state index contributed by atoms with van der Waals surface area (Å²) in [4.78, 5) is -0.774. The molecule has 0 fully saturated rings. The van der Waals surface area contributed by atoms with Crippen LogP contribution in [0.4, 0.5) is 13.2 Å². The van der Waals surface area contributed by atoms with E-state index < -0.39 is 20.2 Å². The van der Waals surface area contributed by atoms with E-state index in [1.807, 2.05) is 0 Å². The van der Waals surface area contributed by atoms with Crippen LogP contribution in [-0.4, -0.2) is 20.5 Å². The molecule has 0 spiro atoms. The molecule has 0 aromatic heterocycles. The van der Waals surface area contributed by atoms with Crippen molar-refractivity contribution in [2.75, 3.05) is 6.54 Å². The first-order chi connectivity index (χ1) is 7.79. The SMILES string of the molecule is NC/C=C/c1cccc(S(=O)(=O)C(F)(F)F)c1. The van der Waals surface area contributed by atoms with Gasteiger partial charge in [0.2, 0.25) is 0 Å². The van der Waals surface area contributed by atoms with Gasteiger partial charge in [0.25, 0.3) is 9.84 Å². The monoisotopic (exact) mass is 265 g/mol. The summed E-state index contributed by atoms with van der Waals surface area (Å²) < 4.78 is 59.0. The van der Waals surface area contributed by atoms with E-state index >= 15 is 0 Å². The average Bonchev–Trinajstić information content (AvgIpc) is 2.25. The Balaban J connectivity index is 3.21. The van der Waals surface area contributed by atoms with Gasteiger partial charge in [0, 0.05) is 6.54 Å². The van der Waals surface area contributed by atoms with Crippen molar-refractivity contribution >= 4 is 15.9 Å². The van der Waals surface area contributed by atoms with E-state index in [0.29, 0.717) is 5.56 Å². The fourth-order valence-electron chi connectivity index (χ4n) is 1.12. The van der Waals surface area contributed by atoms with Crippen LogP contribution in [0.5, 0.6) is 0 Å². The number of hydrogen-bond donors (Lipinski definition) is 1. The lowest BCUT2D eigenvalue weighted by atomic mass is 10.2. The molecule has 0 amide bonds. The van der Waals surface area contributed by atoms with Crippen LogP contribution in [0, 0.1) is 0 Å². The molecule has 7 heteroatoms. The molecular weight excluding hydrogens is 255 g/mol. The summed E-state index contributed by atoms with van der Waals surface area (Å²) in [6.45, 7) is 0.219. The first-order valence-electron chi connectivity index (χ1n) is 4.57. The summed E-state index contributed by atoms with van der Waals surface area (Å²) in [5.74, 6) is 0. The van der Waals surface area contributed by atoms with E-state index in [1.54, 1.807) is 0 Å². The number of benzene rings is 1. The van der Waals surface area contributed by atoms with Crippen molar-refractivity contribution in [3.8, 4) is 0 Å². The maximum atomic E-state index is 12.3. The fraction of sp³-hybridized carbons (Fsp3) is 0.200. The molecule has 0 aliphatic rings. The second kappa shape index (κ2) is 4.89. The second-order valence-corrected chi connectivity index (χ2v) is 5.10. The summed E-state index contributed by atoms with van der Waals surface area (Å²) >= 11 is 0. The van der Waals surface area contributed by atoms with Crippen molar-refractivity contribution in [3.63, 3.8) is 0 Å². The van der Waals surface area contributed by atoms with Crippen LogP contribution < -0.4 is 5.73 Å². The Morgan fingerprint density at radius 3 is 2.47 bits per heavy atom. The van der Waals surface area contributed by atoms with Gasteiger partial charge >= 0.3 is 5.51 Å². The smallest absolute Gasteiger partial charge is 0.327 e. The molecule has 0 unspecified atom stereocenters. The van der Waals surface area contributed by atoms with Gasteiger partial charge in [-0.05, 0) is 17.7 Å². The van der Waals surface area contributed by atoms with Gasteiger partial charge in [-0.1, -0.05) is 24.3 Å². The minimum Gasteiger partial charge on any atom is -0.327 e. The lowest BCUT2D eigenvalue weighted by molar-refractivity contribution is -0.0436. The van der Waals surface area contributed by atoms with Gasteiger partial charge in [0.15, 0.2) is 0 Å². The third-order valence-corrected chi connectivity index (χ3v) is 3.40. The minimum absolute atomic E-state index is 0.219. The summed E-state index contributed by atoms with van der Waals surface area (Å²) in [5.41, 5.74) is 0.244. The Kier molecular flexibility index (Phi) is 3.94. The molecule has 0 aliphatic heterocycles. The molecule has 0 bridgehead atoms. The highest BCUT2D eigenvalue weighted by Crippen LogP contribution is 2.30. The molecule has 17 heavy (non-hydrogen) atoms. The Hall–Kier alpha value is -1.34. The fourth-order valence-corrected chi connectivity index (χ4v) is 1.94. The summed E-state index contributed by atoms with van der Waals surface area (Å²) in [6, 6.07) is 4.59. The highest BCUT2D eigenvalue weighted by Gasteiger charge is 2.46. The second-order valence-electron chi connectivity index (χ2n) is 3.16. The van der Waals surface area contributed by atoms with Crippen molar-refractivity contribution in [2.24, 2.45) is 5.73 Å². The number of sulfone groups is 1. The molecule has 0 saturated carbocycles. The van der Waals surface area contributed by atoms with Crippen LogP contribution in [0.2, 0.25) is 0 Å². The first-order valence-corrected chi connectivity index (χ1v) is 6.05. The molecule has 0 heterocycles. The molecule has 94 valence electrons. The van der Waals surface area contributed by atoms with Gasteiger partial charge < -0.3 is 5.73 Å². The molecule has 0 saturated heterocycles. The van der Waals surface area contributed by atoms with Crippen molar-refractivity contribution in [1.29, 1.82) is 0 Å². The van der Waals surface area contributed by atoms with Gasteiger partial charge in [-0.25, -0.2) is 8.42 Å². The number of rotatable bonds is 3. The van der Waals surface area contributed by atoms with Gasteiger partial charge in [-0.3, -0.25) is 0 Å². The van der Waals surface area contributed by atoms with E-state index in [-0.39, 0.29) is 6.54 Å². The van der Waals surface area contributed by atoms with E-state index in [4.69, 9.17) is 5.73 Å². The van der Waals surface area contributed by atoms with Crippen molar-refractivity contribution in [1.82, 2.24) is 0 Å². The zero-order valence-electron chi connectivity index (χ0n) is 8.61. The summed E-state index contributed by atoms with van der Waals surface area (Å²) in [5, 5.41) is 0. The number of alkyl halides is 3. The molecule has 1 aromatic rings. The number of hydrogen-bond acceptors (Lipinski definition) is 3. The highest BCUT2D eigenvalue weighted by molar-refractivity contribution is 7.92. The molecular formula is C10H10F3NO2S. The van der Waals surface area contributed by atoms with Gasteiger partial charge in [0.05, 0.1) is 4.90 Å². The van der Waals surface area contributed by atoms with Gasteiger partial charge in [-0.2, -0.15) is 13.2 Å². The summed E-state index contributed by atoms with van der Waals surface area (Å²) in [6.07, 6.45) is 2.97. The first kappa shape index (κ1) is 13.7. The van der Waals surface area contributed by atoms with Gasteiger partial charge in [0.1, 0.15) is 0 Å². The van der Waals surface area contributed by atoms with Crippen molar-refractivity contribution in [2.45, 2.75) is 10.4 Å². The van der Waals surface area contributed by atoms with Crippen LogP contribution in [0.15, 0.2) is 35.2 Å². The van der Waals surface area contributed by atoms with Crippen LogP contribution >= 0.6 is 0 Å². The Morgan fingerprint density at radius 2 is 1.94 bits per heavy atom. The molecule has 2 N–H and O–H groups in total. The van der Waals surface area contributed by atoms with Crippen LogP contribution in [0.3, 0.4) is 0 Å². The predicted molar refractivity (Wildman–Crippen MR) is 57.8 cm³/mol. The normalized spacial score (nSPS) is 13.2. The van der Waals surface area contributed by atoms with Crippen LogP contribution in [-0.2, 0) is 9.84 Å². The predicted octanol–water partition coefficient (Wildman–Crippen LogP) is 1.95. The largest absolute Gasteiger partial charge is 0.501 e. The zero-order valence-corrected chi connectivity index (χ0v) is 9.42. The molecule has 0 aliphatic carbocycles. The van der Waals surface area contributed by atoms with Crippen LogP contribution in [0.25, 0.3) is 6.08 Å². The van der Waals surface area contributed by atoms with Crippen LogP contribution in [0.1, 0.15) is 5.56 Å². The molecule has 0 atom stereocenters. The molecule has 0 radical (unpaired) electrons.